The fraction of sp³-hybridized carbons (Fsp3) is 0.267. The number of aliphatic carboxylic acids is 1. The molecule has 0 aromatic heterocycles. The summed E-state index contributed by atoms with van der Waals surface area (Å²) in [6.45, 7) is 3.50. The fourth-order valence-corrected chi connectivity index (χ4v) is 4.15. The highest BCUT2D eigenvalue weighted by Crippen LogP contribution is 2.26. The second-order valence-corrected chi connectivity index (χ2v) is 9.47. The molecular weight excluding hydrogens is 512 g/mol. The third-order valence-electron chi connectivity index (χ3n) is 6.22. The van der Waals surface area contributed by atoms with Gasteiger partial charge in [0.1, 0.15) is 11.8 Å². The standard InChI is InChI=1S/C30H34N4O6/c1-19-8-5-6-11-24(19)32-30(39)33-25-13-12-22(16-27(25)40-4)17-28(36)34(3)18-23-10-7-9-21(14-23)15-26(29(37)38)31-20(2)35/h5-14,16,26H,15,17-18H2,1-4H3,(H,31,35)(H,37,38)(H2,32,33,39). The average Bonchev–Trinajstić information content (AvgIpc) is 2.90. The quantitative estimate of drug-likeness (QED) is 0.287. The van der Waals surface area contributed by atoms with E-state index in [4.69, 9.17) is 4.74 Å². The number of carboxylic acid groups (broad SMARTS) is 1. The number of nitrogens with zero attached hydrogens (tertiary/aromatic N) is 1. The summed E-state index contributed by atoms with van der Waals surface area (Å²) in [6.07, 6.45) is 0.245. The van der Waals surface area contributed by atoms with Gasteiger partial charge < -0.3 is 30.7 Å². The second-order valence-electron chi connectivity index (χ2n) is 9.47. The van der Waals surface area contributed by atoms with Crippen LogP contribution in [0.1, 0.15) is 29.2 Å². The first kappa shape index (κ1) is 29.7. The van der Waals surface area contributed by atoms with Crippen molar-refractivity contribution in [2.75, 3.05) is 24.8 Å². The van der Waals surface area contributed by atoms with E-state index in [9.17, 15) is 24.3 Å². The minimum Gasteiger partial charge on any atom is -0.495 e. The summed E-state index contributed by atoms with van der Waals surface area (Å²) in [4.78, 5) is 49.8. The highest BCUT2D eigenvalue weighted by atomic mass is 16.5. The lowest BCUT2D eigenvalue weighted by Crippen LogP contribution is -2.41. The summed E-state index contributed by atoms with van der Waals surface area (Å²) >= 11 is 0. The van der Waals surface area contributed by atoms with E-state index in [1.54, 1.807) is 42.3 Å². The molecule has 3 aromatic carbocycles. The number of ether oxygens (including phenoxy) is 1. The van der Waals surface area contributed by atoms with Gasteiger partial charge in [-0.3, -0.25) is 9.59 Å². The zero-order valence-electron chi connectivity index (χ0n) is 23.0. The number of rotatable bonds is 11. The first-order valence-electron chi connectivity index (χ1n) is 12.7. The van der Waals surface area contributed by atoms with Crippen molar-refractivity contribution in [1.82, 2.24) is 10.2 Å². The van der Waals surface area contributed by atoms with Crippen molar-refractivity contribution in [2.45, 2.75) is 39.3 Å². The molecule has 40 heavy (non-hydrogen) atoms. The number of methoxy groups -OCH3 is 1. The highest BCUT2D eigenvalue weighted by Gasteiger charge is 2.19. The average molecular weight is 547 g/mol. The van der Waals surface area contributed by atoms with Crippen molar-refractivity contribution in [3.8, 4) is 5.75 Å². The number of likely N-dealkylation sites (N-methyl/N-ethyl adjacent to an activating group) is 1. The van der Waals surface area contributed by atoms with Crippen LogP contribution in [0.5, 0.6) is 5.75 Å². The second kappa shape index (κ2) is 13.8. The summed E-state index contributed by atoms with van der Waals surface area (Å²) in [6, 6.07) is 18.4. The number of carbonyl (C=O) groups excluding carboxylic acids is 3. The van der Waals surface area contributed by atoms with Gasteiger partial charge in [0.15, 0.2) is 0 Å². The molecule has 4 N–H and O–H groups in total. The van der Waals surface area contributed by atoms with Crippen molar-refractivity contribution in [3.05, 3.63) is 89.0 Å². The SMILES string of the molecule is COc1cc(CC(=O)N(C)Cc2cccc(CC(NC(C)=O)C(=O)O)c2)ccc1NC(=O)Nc1ccccc1C. The van der Waals surface area contributed by atoms with Crippen LogP contribution in [0.4, 0.5) is 16.2 Å². The molecule has 4 amide bonds. The zero-order chi connectivity index (χ0) is 29.2. The first-order chi connectivity index (χ1) is 19.0. The maximum Gasteiger partial charge on any atom is 0.326 e. The van der Waals surface area contributed by atoms with Crippen LogP contribution in [-0.4, -0.2) is 54.0 Å². The first-order valence-corrected chi connectivity index (χ1v) is 12.7. The number of hydrogen-bond donors (Lipinski definition) is 4. The molecule has 10 nitrogen and oxygen atoms in total. The van der Waals surface area contributed by atoms with Gasteiger partial charge in [0.2, 0.25) is 11.8 Å². The van der Waals surface area contributed by atoms with Gasteiger partial charge >= 0.3 is 12.0 Å². The lowest BCUT2D eigenvalue weighted by atomic mass is 10.0. The van der Waals surface area contributed by atoms with Crippen molar-refractivity contribution in [2.24, 2.45) is 0 Å². The Kier molecular flexibility index (Phi) is 10.2. The number of urea groups is 1. The minimum absolute atomic E-state index is 0.117. The molecule has 3 aromatic rings. The Morgan fingerprint density at radius 1 is 0.900 bits per heavy atom. The summed E-state index contributed by atoms with van der Waals surface area (Å²) in [5, 5.41) is 17.4. The molecule has 3 rings (SSSR count). The molecular formula is C30H34N4O6. The smallest absolute Gasteiger partial charge is 0.326 e. The molecule has 0 spiro atoms. The highest BCUT2D eigenvalue weighted by molar-refractivity contribution is 6.01. The van der Waals surface area contributed by atoms with Crippen molar-refractivity contribution >= 4 is 35.2 Å². The van der Waals surface area contributed by atoms with Crippen LogP contribution in [0.15, 0.2) is 66.7 Å². The largest absolute Gasteiger partial charge is 0.495 e. The zero-order valence-corrected chi connectivity index (χ0v) is 23.0. The molecule has 0 aliphatic rings. The molecule has 1 unspecified atom stereocenters. The lowest BCUT2D eigenvalue weighted by Gasteiger charge is -2.19. The molecule has 0 saturated carbocycles. The summed E-state index contributed by atoms with van der Waals surface area (Å²) in [5.41, 5.74) is 4.38. The van der Waals surface area contributed by atoms with Crippen molar-refractivity contribution < 1.29 is 29.0 Å². The van der Waals surface area contributed by atoms with Crippen LogP contribution in [-0.2, 0) is 33.8 Å². The molecule has 0 radical (unpaired) electrons. The Labute approximate surface area is 233 Å². The number of para-hydroxylation sites is 1. The molecule has 10 heteroatoms. The Balaban J connectivity index is 1.61. The Morgan fingerprint density at radius 3 is 2.27 bits per heavy atom. The van der Waals surface area contributed by atoms with E-state index in [0.717, 1.165) is 16.7 Å². The Morgan fingerprint density at radius 2 is 1.60 bits per heavy atom. The van der Waals surface area contributed by atoms with E-state index < -0.39 is 23.9 Å². The Hall–Kier alpha value is -4.86. The van der Waals surface area contributed by atoms with Gasteiger partial charge in [0, 0.05) is 32.6 Å². The normalized spacial score (nSPS) is 11.2. The van der Waals surface area contributed by atoms with E-state index in [2.05, 4.69) is 16.0 Å². The topological polar surface area (TPSA) is 137 Å². The van der Waals surface area contributed by atoms with Crippen LogP contribution >= 0.6 is 0 Å². The molecule has 0 heterocycles. The third-order valence-corrected chi connectivity index (χ3v) is 6.22. The number of carboxylic acids is 1. The number of anilines is 2. The van der Waals surface area contributed by atoms with E-state index in [-0.39, 0.29) is 18.7 Å². The number of amides is 4. The molecule has 0 saturated heterocycles. The van der Waals surface area contributed by atoms with E-state index >= 15 is 0 Å². The monoisotopic (exact) mass is 546 g/mol. The number of carbonyl (C=O) groups is 4. The van der Waals surface area contributed by atoms with Gasteiger partial charge in [0.25, 0.3) is 0 Å². The van der Waals surface area contributed by atoms with Gasteiger partial charge in [0.05, 0.1) is 19.2 Å². The third kappa shape index (κ3) is 8.59. The summed E-state index contributed by atoms with van der Waals surface area (Å²) in [7, 11) is 3.18. The summed E-state index contributed by atoms with van der Waals surface area (Å²) < 4.78 is 5.45. The Bertz CT molecular complexity index is 1390. The molecule has 1 atom stereocenters. The number of hydrogen-bond acceptors (Lipinski definition) is 5. The predicted octanol–water partition coefficient (Wildman–Crippen LogP) is 3.98. The minimum atomic E-state index is -1.11. The van der Waals surface area contributed by atoms with Crippen molar-refractivity contribution in [1.29, 1.82) is 0 Å². The van der Waals surface area contributed by atoms with Crippen LogP contribution < -0.4 is 20.7 Å². The van der Waals surface area contributed by atoms with Crippen LogP contribution in [0.25, 0.3) is 0 Å². The number of aryl methyl sites for hydroxylation is 1. The van der Waals surface area contributed by atoms with Gasteiger partial charge in [-0.15, -0.1) is 0 Å². The molecule has 0 fully saturated rings. The van der Waals surface area contributed by atoms with E-state index in [0.29, 0.717) is 29.2 Å². The van der Waals surface area contributed by atoms with Gasteiger partial charge in [-0.1, -0.05) is 48.5 Å². The predicted molar refractivity (Wildman–Crippen MR) is 152 cm³/mol. The van der Waals surface area contributed by atoms with E-state index in [1.165, 1.54) is 14.0 Å². The van der Waals surface area contributed by atoms with E-state index in [1.807, 2.05) is 43.3 Å². The number of benzene rings is 3. The van der Waals surface area contributed by atoms with Crippen LogP contribution in [0.2, 0.25) is 0 Å². The fourth-order valence-electron chi connectivity index (χ4n) is 4.15. The molecule has 0 aliphatic heterocycles. The van der Waals surface area contributed by atoms with Crippen molar-refractivity contribution in [3.63, 3.8) is 0 Å². The van der Waals surface area contributed by atoms with Gasteiger partial charge in [-0.2, -0.15) is 0 Å². The number of nitrogens with one attached hydrogen (secondary N) is 3. The maximum absolute atomic E-state index is 13.0. The van der Waals surface area contributed by atoms with Crippen LogP contribution in [0.3, 0.4) is 0 Å². The van der Waals surface area contributed by atoms with Gasteiger partial charge in [-0.05, 0) is 47.4 Å². The van der Waals surface area contributed by atoms with Crippen LogP contribution in [0, 0.1) is 6.92 Å². The van der Waals surface area contributed by atoms with Gasteiger partial charge in [-0.25, -0.2) is 9.59 Å². The molecule has 210 valence electrons. The summed E-state index contributed by atoms with van der Waals surface area (Å²) in [5.74, 6) is -1.24. The maximum atomic E-state index is 13.0. The molecule has 0 bridgehead atoms. The lowest BCUT2D eigenvalue weighted by molar-refractivity contribution is -0.141. The molecule has 0 aliphatic carbocycles.